The first kappa shape index (κ1) is 14.9. The van der Waals surface area contributed by atoms with Gasteiger partial charge in [0.05, 0.1) is 10.9 Å². The Labute approximate surface area is 147 Å². The maximum absolute atomic E-state index is 13.0. The minimum absolute atomic E-state index is 0.137. The summed E-state index contributed by atoms with van der Waals surface area (Å²) in [6, 6.07) is 6.73. The summed E-state index contributed by atoms with van der Waals surface area (Å²) in [5, 5.41) is 4.64. The summed E-state index contributed by atoms with van der Waals surface area (Å²) in [6.45, 7) is 6.76. The highest BCUT2D eigenvalue weighted by Crippen LogP contribution is 2.53. The molecule has 1 N–H and O–H groups in total. The van der Waals surface area contributed by atoms with Gasteiger partial charge in [0.25, 0.3) is 5.91 Å². The molecule has 0 radical (unpaired) electrons. The maximum atomic E-state index is 13.0. The number of thiophene rings is 1. The van der Waals surface area contributed by atoms with Gasteiger partial charge in [0.2, 0.25) is 0 Å². The molecule has 126 valence electrons. The molecule has 1 aromatic heterocycles. The van der Waals surface area contributed by atoms with Gasteiger partial charge in [0.1, 0.15) is 0 Å². The third-order valence-electron chi connectivity index (χ3n) is 6.70. The van der Waals surface area contributed by atoms with Crippen LogP contribution in [0.5, 0.6) is 0 Å². The molecule has 4 heteroatoms. The summed E-state index contributed by atoms with van der Waals surface area (Å²) >= 11 is 1.65. The van der Waals surface area contributed by atoms with E-state index in [1.807, 2.05) is 0 Å². The molecule has 1 aliphatic carbocycles. The van der Waals surface area contributed by atoms with Crippen LogP contribution in [0.25, 0.3) is 10.1 Å². The van der Waals surface area contributed by atoms with E-state index in [1.54, 1.807) is 11.3 Å². The molecule has 3 saturated heterocycles. The zero-order valence-electron chi connectivity index (χ0n) is 14.4. The monoisotopic (exact) mass is 340 g/mol. The molecule has 2 bridgehead atoms. The Morgan fingerprint density at radius 1 is 1.25 bits per heavy atom. The van der Waals surface area contributed by atoms with Gasteiger partial charge in [-0.05, 0) is 81.1 Å². The highest BCUT2D eigenvalue weighted by Gasteiger charge is 2.60. The molecule has 4 aliphatic rings. The molecule has 1 saturated carbocycles. The average Bonchev–Trinajstić information content (AvgIpc) is 3.24. The summed E-state index contributed by atoms with van der Waals surface area (Å²) in [5.41, 5.74) is 2.91. The summed E-state index contributed by atoms with van der Waals surface area (Å²) < 4.78 is 1.26. The minimum Gasteiger partial charge on any atom is -0.346 e. The number of carbonyl (C=O) groups is 1. The van der Waals surface area contributed by atoms with Crippen molar-refractivity contribution in [1.29, 1.82) is 0 Å². The second-order valence-corrected chi connectivity index (χ2v) is 8.97. The molecular weight excluding hydrogens is 316 g/mol. The predicted molar refractivity (Wildman–Crippen MR) is 98.8 cm³/mol. The van der Waals surface area contributed by atoms with Gasteiger partial charge in [-0.1, -0.05) is 12.1 Å². The van der Waals surface area contributed by atoms with Crippen LogP contribution < -0.4 is 5.32 Å². The zero-order valence-corrected chi connectivity index (χ0v) is 15.2. The SMILES string of the molecule is Cc1ccc2cc(C(=O)N[C@@H]3C4CCN(CC4)C34CC4)sc2c1C. The van der Waals surface area contributed by atoms with Crippen LogP contribution in [0.1, 0.15) is 46.5 Å². The van der Waals surface area contributed by atoms with Crippen LogP contribution >= 0.6 is 11.3 Å². The van der Waals surface area contributed by atoms with Crippen molar-refractivity contribution in [2.24, 2.45) is 5.92 Å². The van der Waals surface area contributed by atoms with Gasteiger partial charge < -0.3 is 5.32 Å². The van der Waals surface area contributed by atoms with Gasteiger partial charge in [-0.3, -0.25) is 9.69 Å². The molecule has 1 spiro atoms. The molecule has 4 fully saturated rings. The number of rotatable bonds is 2. The van der Waals surface area contributed by atoms with E-state index in [1.165, 1.54) is 60.0 Å². The number of fused-ring (bicyclic) bond motifs is 3. The van der Waals surface area contributed by atoms with E-state index < -0.39 is 0 Å². The maximum Gasteiger partial charge on any atom is 0.261 e. The largest absolute Gasteiger partial charge is 0.346 e. The Morgan fingerprint density at radius 3 is 2.71 bits per heavy atom. The second-order valence-electron chi connectivity index (χ2n) is 7.92. The number of benzene rings is 1. The van der Waals surface area contributed by atoms with Crippen LogP contribution in [0.4, 0.5) is 0 Å². The average molecular weight is 340 g/mol. The molecular formula is C20H24N2OS. The minimum atomic E-state index is 0.137. The number of hydrogen-bond acceptors (Lipinski definition) is 3. The van der Waals surface area contributed by atoms with Gasteiger partial charge in [0.15, 0.2) is 0 Å². The summed E-state index contributed by atoms with van der Waals surface area (Å²) in [7, 11) is 0. The van der Waals surface area contributed by atoms with Crippen LogP contribution in [0.3, 0.4) is 0 Å². The van der Waals surface area contributed by atoms with E-state index in [0.29, 0.717) is 17.5 Å². The third-order valence-corrected chi connectivity index (χ3v) is 7.97. The van der Waals surface area contributed by atoms with E-state index in [2.05, 4.69) is 42.3 Å². The standard InChI is InChI=1S/C20H24N2OS/c1-12-3-4-15-11-16(24-17(15)13(12)2)19(23)21-18-14-5-9-22(10-6-14)20(18)7-8-20/h3-4,11,14,18H,5-10H2,1-2H3,(H,21,23)/t18-/m1/s1. The first-order valence-electron chi connectivity index (χ1n) is 9.14. The summed E-state index contributed by atoms with van der Waals surface area (Å²) in [6.07, 6.45) is 5.02. The number of aryl methyl sites for hydroxylation is 2. The fourth-order valence-corrected chi connectivity index (χ4v) is 6.10. The van der Waals surface area contributed by atoms with E-state index in [9.17, 15) is 4.79 Å². The van der Waals surface area contributed by atoms with Gasteiger partial charge >= 0.3 is 0 Å². The smallest absolute Gasteiger partial charge is 0.261 e. The van der Waals surface area contributed by atoms with Gasteiger partial charge in [-0.25, -0.2) is 0 Å². The van der Waals surface area contributed by atoms with E-state index in [-0.39, 0.29) is 5.91 Å². The normalized spacial score (nSPS) is 30.0. The fourth-order valence-electron chi connectivity index (χ4n) is 4.99. The second kappa shape index (κ2) is 5.06. The lowest BCUT2D eigenvalue weighted by molar-refractivity contribution is -0.00138. The Kier molecular flexibility index (Phi) is 3.14. The Balaban J connectivity index is 1.44. The quantitative estimate of drug-likeness (QED) is 0.900. The highest BCUT2D eigenvalue weighted by atomic mass is 32.1. The number of hydrogen-bond donors (Lipinski definition) is 1. The molecule has 1 aromatic carbocycles. The van der Waals surface area contributed by atoms with Gasteiger partial charge in [0, 0.05) is 10.2 Å². The molecule has 1 atom stereocenters. The molecule has 4 heterocycles. The van der Waals surface area contributed by atoms with Crippen LogP contribution in [0, 0.1) is 19.8 Å². The molecule has 6 rings (SSSR count). The highest BCUT2D eigenvalue weighted by molar-refractivity contribution is 7.21. The van der Waals surface area contributed by atoms with Crippen molar-refractivity contribution < 1.29 is 4.79 Å². The first-order chi connectivity index (χ1) is 11.6. The molecule has 3 aliphatic heterocycles. The number of amides is 1. The van der Waals surface area contributed by atoms with Crippen LogP contribution in [-0.2, 0) is 0 Å². The third kappa shape index (κ3) is 2.02. The van der Waals surface area contributed by atoms with Crippen molar-refractivity contribution in [2.75, 3.05) is 13.1 Å². The Morgan fingerprint density at radius 2 is 2.00 bits per heavy atom. The lowest BCUT2D eigenvalue weighted by Crippen LogP contribution is -2.65. The number of carbonyl (C=O) groups excluding carboxylic acids is 1. The van der Waals surface area contributed by atoms with Crippen molar-refractivity contribution in [3.8, 4) is 0 Å². The van der Waals surface area contributed by atoms with Crippen molar-refractivity contribution >= 4 is 27.3 Å². The van der Waals surface area contributed by atoms with Gasteiger partial charge in [-0.15, -0.1) is 11.3 Å². The number of nitrogens with zero attached hydrogens (tertiary/aromatic N) is 1. The summed E-state index contributed by atoms with van der Waals surface area (Å²) in [5.74, 6) is 0.818. The Hall–Kier alpha value is -1.39. The van der Waals surface area contributed by atoms with Crippen molar-refractivity contribution in [3.63, 3.8) is 0 Å². The first-order valence-corrected chi connectivity index (χ1v) is 9.96. The van der Waals surface area contributed by atoms with Crippen molar-refractivity contribution in [3.05, 3.63) is 34.2 Å². The zero-order chi connectivity index (χ0) is 16.5. The van der Waals surface area contributed by atoms with Crippen molar-refractivity contribution in [1.82, 2.24) is 10.2 Å². The van der Waals surface area contributed by atoms with Crippen LogP contribution in [0.2, 0.25) is 0 Å². The lowest BCUT2D eigenvalue weighted by atomic mass is 9.77. The van der Waals surface area contributed by atoms with Crippen molar-refractivity contribution in [2.45, 2.75) is 51.1 Å². The van der Waals surface area contributed by atoms with Gasteiger partial charge in [-0.2, -0.15) is 0 Å². The van der Waals surface area contributed by atoms with Crippen LogP contribution in [-0.4, -0.2) is 35.5 Å². The lowest BCUT2D eigenvalue weighted by Gasteiger charge is -2.52. The predicted octanol–water partition coefficient (Wildman–Crippen LogP) is 3.87. The van der Waals surface area contributed by atoms with E-state index >= 15 is 0 Å². The molecule has 24 heavy (non-hydrogen) atoms. The fraction of sp³-hybridized carbons (Fsp3) is 0.550. The molecule has 3 nitrogen and oxygen atoms in total. The number of piperidine rings is 3. The van der Waals surface area contributed by atoms with E-state index in [4.69, 9.17) is 0 Å². The Bertz CT molecular complexity index is 828. The number of nitrogens with one attached hydrogen (secondary N) is 1. The molecule has 1 amide bonds. The molecule has 2 aromatic rings. The summed E-state index contributed by atoms with van der Waals surface area (Å²) in [4.78, 5) is 16.5. The topological polar surface area (TPSA) is 32.3 Å². The van der Waals surface area contributed by atoms with E-state index in [0.717, 1.165) is 4.88 Å². The molecule has 0 unspecified atom stereocenters. The van der Waals surface area contributed by atoms with Crippen LogP contribution in [0.15, 0.2) is 18.2 Å².